The molecule has 120 valence electrons. The summed E-state index contributed by atoms with van der Waals surface area (Å²) in [6.45, 7) is 2.88. The van der Waals surface area contributed by atoms with Crippen molar-refractivity contribution in [2.45, 2.75) is 26.3 Å². The summed E-state index contributed by atoms with van der Waals surface area (Å²) in [5.74, 6) is -2.92. The minimum absolute atomic E-state index is 0.150. The molecule has 8 nitrogen and oxygen atoms in total. The van der Waals surface area contributed by atoms with Gasteiger partial charge in [0.1, 0.15) is 18.5 Å². The predicted octanol–water partition coefficient (Wildman–Crippen LogP) is -0.927. The quantitative estimate of drug-likeness (QED) is 0.408. The molecule has 0 heterocycles. The van der Waals surface area contributed by atoms with E-state index in [1.807, 2.05) is 13.8 Å². The zero-order chi connectivity index (χ0) is 16.4. The van der Waals surface area contributed by atoms with Crippen LogP contribution in [-0.4, -0.2) is 53.8 Å². The number of carboxylic acids is 1. The normalized spacial score (nSPS) is 11.6. The highest BCUT2D eigenvalue weighted by Crippen LogP contribution is 2.05. The molecule has 3 amide bonds. The molecule has 0 bridgehead atoms. The average molecular weight is 322 g/mol. The molecule has 0 aromatic heterocycles. The molecule has 0 fully saturated rings. The third-order valence-corrected chi connectivity index (χ3v) is 2.58. The smallest absolute Gasteiger partial charge is 0.322 e. The van der Waals surface area contributed by atoms with Crippen LogP contribution in [0.3, 0.4) is 0 Å². The van der Waals surface area contributed by atoms with Crippen molar-refractivity contribution in [2.24, 2.45) is 5.92 Å². The second-order valence-corrected chi connectivity index (χ2v) is 5.04. The number of hydrogen-bond donors (Lipinski definition) is 4. The van der Waals surface area contributed by atoms with E-state index in [0.717, 1.165) is 0 Å². The van der Waals surface area contributed by atoms with Crippen LogP contribution in [0, 0.1) is 5.92 Å². The van der Waals surface area contributed by atoms with Crippen molar-refractivity contribution in [3.8, 4) is 0 Å². The maximum atomic E-state index is 11.9. The molecule has 21 heavy (non-hydrogen) atoms. The van der Waals surface area contributed by atoms with Gasteiger partial charge in [0.2, 0.25) is 17.7 Å². The Morgan fingerprint density at radius 2 is 1.67 bits per heavy atom. The highest BCUT2D eigenvalue weighted by Gasteiger charge is 2.21. The Morgan fingerprint density at radius 1 is 1.05 bits per heavy atom. The molecule has 0 saturated heterocycles. The summed E-state index contributed by atoms with van der Waals surface area (Å²) >= 11 is 5.37. The first-order valence-corrected chi connectivity index (χ1v) is 6.91. The minimum Gasteiger partial charge on any atom is -0.480 e. The summed E-state index contributed by atoms with van der Waals surface area (Å²) in [7, 11) is 0. The first-order chi connectivity index (χ1) is 9.76. The molecule has 4 N–H and O–H groups in total. The van der Waals surface area contributed by atoms with Crippen molar-refractivity contribution in [1.82, 2.24) is 16.0 Å². The standard InChI is InChI=1S/C12H20ClN3O5/c1-7(2)3-8(16-9(17)4-13)12(21)15-5-10(18)14-6-11(19)20/h7-8H,3-6H2,1-2H3,(H,14,18)(H,15,21)(H,16,17)(H,19,20)/t8-/m0/s1. The molecule has 0 aromatic rings. The maximum Gasteiger partial charge on any atom is 0.322 e. The molecular formula is C12H20ClN3O5. The number of rotatable bonds is 9. The van der Waals surface area contributed by atoms with Crippen molar-refractivity contribution >= 4 is 35.3 Å². The number of carbonyl (C=O) groups is 4. The van der Waals surface area contributed by atoms with Crippen molar-refractivity contribution in [3.63, 3.8) is 0 Å². The topological polar surface area (TPSA) is 125 Å². The fourth-order valence-corrected chi connectivity index (χ4v) is 1.54. The zero-order valence-electron chi connectivity index (χ0n) is 11.9. The first-order valence-electron chi connectivity index (χ1n) is 6.37. The zero-order valence-corrected chi connectivity index (χ0v) is 12.7. The summed E-state index contributed by atoms with van der Waals surface area (Å²) in [5.41, 5.74) is 0. The van der Waals surface area contributed by atoms with Crippen LogP contribution in [0.1, 0.15) is 20.3 Å². The van der Waals surface area contributed by atoms with Gasteiger partial charge in [-0.05, 0) is 12.3 Å². The van der Waals surface area contributed by atoms with Gasteiger partial charge in [-0.2, -0.15) is 0 Å². The van der Waals surface area contributed by atoms with Crippen molar-refractivity contribution in [3.05, 3.63) is 0 Å². The Morgan fingerprint density at radius 3 is 2.14 bits per heavy atom. The Hall–Kier alpha value is -1.83. The first kappa shape index (κ1) is 19.2. The Balaban J connectivity index is 4.36. The summed E-state index contributed by atoms with van der Waals surface area (Å²) in [6, 6.07) is -0.788. The molecule has 0 radical (unpaired) electrons. The number of alkyl halides is 1. The van der Waals surface area contributed by atoms with Gasteiger partial charge in [0.25, 0.3) is 0 Å². The lowest BCUT2D eigenvalue weighted by Gasteiger charge is -2.19. The second-order valence-electron chi connectivity index (χ2n) is 4.77. The molecule has 1 atom stereocenters. The van der Waals surface area contributed by atoms with E-state index in [-0.39, 0.29) is 18.3 Å². The Kier molecular flexibility index (Phi) is 9.11. The predicted molar refractivity (Wildman–Crippen MR) is 75.8 cm³/mol. The molecular weight excluding hydrogens is 302 g/mol. The maximum absolute atomic E-state index is 11.9. The lowest BCUT2D eigenvalue weighted by molar-refractivity contribution is -0.138. The van der Waals surface area contributed by atoms with Crippen LogP contribution < -0.4 is 16.0 Å². The third kappa shape index (κ3) is 9.67. The number of nitrogens with one attached hydrogen (secondary N) is 3. The van der Waals surface area contributed by atoms with Crippen LogP contribution in [0.15, 0.2) is 0 Å². The molecule has 0 aromatic carbocycles. The number of aliphatic carboxylic acids is 1. The van der Waals surface area contributed by atoms with Gasteiger partial charge in [0, 0.05) is 0 Å². The number of amides is 3. The van der Waals surface area contributed by atoms with E-state index < -0.39 is 36.3 Å². The molecule has 0 aliphatic rings. The summed E-state index contributed by atoms with van der Waals surface area (Å²) < 4.78 is 0. The van der Waals surface area contributed by atoms with E-state index in [9.17, 15) is 19.2 Å². The molecule has 0 aliphatic heterocycles. The van der Waals surface area contributed by atoms with Crippen molar-refractivity contribution in [1.29, 1.82) is 0 Å². The second kappa shape index (κ2) is 9.98. The van der Waals surface area contributed by atoms with Crippen molar-refractivity contribution in [2.75, 3.05) is 19.0 Å². The van der Waals surface area contributed by atoms with E-state index in [0.29, 0.717) is 6.42 Å². The van der Waals surface area contributed by atoms with Crippen LogP contribution in [0.25, 0.3) is 0 Å². The Bertz CT molecular complexity index is 400. The van der Waals surface area contributed by atoms with Gasteiger partial charge in [-0.3, -0.25) is 19.2 Å². The van der Waals surface area contributed by atoms with Crippen LogP contribution in [0.5, 0.6) is 0 Å². The lowest BCUT2D eigenvalue weighted by Crippen LogP contribution is -2.50. The van der Waals surface area contributed by atoms with Crippen LogP contribution in [0.4, 0.5) is 0 Å². The Labute approximate surface area is 127 Å². The highest BCUT2D eigenvalue weighted by molar-refractivity contribution is 6.27. The third-order valence-electron chi connectivity index (χ3n) is 2.34. The summed E-state index contributed by atoms with van der Waals surface area (Å²) in [5, 5.41) is 15.3. The van der Waals surface area contributed by atoms with Gasteiger partial charge in [-0.15, -0.1) is 11.6 Å². The average Bonchev–Trinajstić information content (AvgIpc) is 2.40. The van der Waals surface area contributed by atoms with Gasteiger partial charge in [0.05, 0.1) is 6.54 Å². The number of halogens is 1. The fourth-order valence-electron chi connectivity index (χ4n) is 1.46. The van der Waals surface area contributed by atoms with Crippen LogP contribution >= 0.6 is 11.6 Å². The monoisotopic (exact) mass is 321 g/mol. The molecule has 0 rings (SSSR count). The van der Waals surface area contributed by atoms with Gasteiger partial charge >= 0.3 is 5.97 Å². The van der Waals surface area contributed by atoms with Gasteiger partial charge < -0.3 is 21.1 Å². The molecule has 0 unspecified atom stereocenters. The van der Waals surface area contributed by atoms with E-state index in [1.54, 1.807) is 0 Å². The fraction of sp³-hybridized carbons (Fsp3) is 0.667. The summed E-state index contributed by atoms with van der Waals surface area (Å²) in [4.78, 5) is 44.7. The molecule has 9 heteroatoms. The highest BCUT2D eigenvalue weighted by atomic mass is 35.5. The van der Waals surface area contributed by atoms with Gasteiger partial charge in [0.15, 0.2) is 0 Å². The van der Waals surface area contributed by atoms with E-state index in [1.165, 1.54) is 0 Å². The molecule has 0 spiro atoms. The summed E-state index contributed by atoms with van der Waals surface area (Å²) in [6.07, 6.45) is 0.394. The van der Waals surface area contributed by atoms with Crippen LogP contribution in [0.2, 0.25) is 0 Å². The van der Waals surface area contributed by atoms with Crippen molar-refractivity contribution < 1.29 is 24.3 Å². The van der Waals surface area contributed by atoms with E-state index >= 15 is 0 Å². The number of carboxylic acid groups (broad SMARTS) is 1. The largest absolute Gasteiger partial charge is 0.480 e. The van der Waals surface area contributed by atoms with Gasteiger partial charge in [-0.1, -0.05) is 13.8 Å². The van der Waals surface area contributed by atoms with E-state index in [4.69, 9.17) is 16.7 Å². The van der Waals surface area contributed by atoms with E-state index in [2.05, 4.69) is 16.0 Å². The SMILES string of the molecule is CC(C)C[C@H](NC(=O)CCl)C(=O)NCC(=O)NCC(=O)O. The number of carbonyl (C=O) groups excluding carboxylic acids is 3. The molecule has 0 saturated carbocycles. The van der Waals surface area contributed by atoms with Crippen LogP contribution in [-0.2, 0) is 19.2 Å². The number of hydrogen-bond acceptors (Lipinski definition) is 4. The lowest BCUT2D eigenvalue weighted by atomic mass is 10.0. The molecule has 0 aliphatic carbocycles. The minimum atomic E-state index is -1.18. The van der Waals surface area contributed by atoms with Gasteiger partial charge in [-0.25, -0.2) is 0 Å².